The molecule has 7 heteroatoms. The zero-order valence-electron chi connectivity index (χ0n) is 13.7. The van der Waals surface area contributed by atoms with E-state index in [0.717, 1.165) is 34.6 Å². The number of nitrogens with zero attached hydrogens (tertiary/aromatic N) is 1. The van der Waals surface area contributed by atoms with E-state index in [9.17, 15) is 9.59 Å². The third-order valence-corrected chi connectivity index (χ3v) is 5.23. The molecule has 1 aromatic rings. The Morgan fingerprint density at radius 1 is 1.35 bits per heavy atom. The number of carbonyl (C=O) groups excluding carboxylic acids is 2. The van der Waals surface area contributed by atoms with Gasteiger partial charge >= 0.3 is 6.09 Å². The van der Waals surface area contributed by atoms with Gasteiger partial charge in [0.15, 0.2) is 0 Å². The van der Waals surface area contributed by atoms with Crippen LogP contribution in [0.5, 0.6) is 0 Å². The van der Waals surface area contributed by atoms with Gasteiger partial charge in [-0.25, -0.2) is 4.79 Å². The van der Waals surface area contributed by atoms with Gasteiger partial charge in [0.25, 0.3) is 5.91 Å². The molecule has 1 saturated heterocycles. The van der Waals surface area contributed by atoms with Crippen LogP contribution in [0.3, 0.4) is 0 Å². The maximum Gasteiger partial charge on any atom is 0.407 e. The van der Waals surface area contributed by atoms with E-state index in [1.54, 1.807) is 0 Å². The van der Waals surface area contributed by atoms with Crippen molar-refractivity contribution in [1.82, 2.24) is 10.2 Å². The number of amides is 2. The number of carbonyl (C=O) groups is 2. The smallest absolute Gasteiger partial charge is 0.407 e. The van der Waals surface area contributed by atoms with E-state index in [2.05, 4.69) is 21.2 Å². The first-order valence-corrected chi connectivity index (χ1v) is 9.37. The number of alkyl carbamates (subject to hydrolysis) is 1. The molecular formula is C16H23BrN2O3S. The van der Waals surface area contributed by atoms with E-state index in [-0.39, 0.29) is 12.0 Å². The minimum Gasteiger partial charge on any atom is -0.444 e. The van der Waals surface area contributed by atoms with Crippen molar-refractivity contribution in [3.63, 3.8) is 0 Å². The number of hydrogen-bond donors (Lipinski definition) is 1. The van der Waals surface area contributed by atoms with Gasteiger partial charge in [-0.05, 0) is 67.6 Å². The number of ether oxygens (including phenoxy) is 1. The summed E-state index contributed by atoms with van der Waals surface area (Å²) in [4.78, 5) is 26.7. The summed E-state index contributed by atoms with van der Waals surface area (Å²) in [6.45, 7) is 7.60. The van der Waals surface area contributed by atoms with E-state index >= 15 is 0 Å². The van der Waals surface area contributed by atoms with Crippen molar-refractivity contribution in [1.29, 1.82) is 0 Å². The minimum absolute atomic E-state index is 0.0965. The van der Waals surface area contributed by atoms with Crippen LogP contribution in [0, 0.1) is 5.92 Å². The molecule has 1 fully saturated rings. The molecular weight excluding hydrogens is 380 g/mol. The topological polar surface area (TPSA) is 58.6 Å². The van der Waals surface area contributed by atoms with Gasteiger partial charge in [0.05, 0.1) is 8.66 Å². The monoisotopic (exact) mass is 402 g/mol. The molecule has 0 aromatic carbocycles. The first-order chi connectivity index (χ1) is 10.7. The van der Waals surface area contributed by atoms with Crippen molar-refractivity contribution in [2.45, 2.75) is 39.2 Å². The van der Waals surface area contributed by atoms with E-state index < -0.39 is 5.60 Å². The van der Waals surface area contributed by atoms with Gasteiger partial charge in [-0.3, -0.25) is 4.79 Å². The first-order valence-electron chi connectivity index (χ1n) is 7.76. The van der Waals surface area contributed by atoms with Crippen molar-refractivity contribution < 1.29 is 14.3 Å². The summed E-state index contributed by atoms with van der Waals surface area (Å²) in [6, 6.07) is 3.75. The highest BCUT2D eigenvalue weighted by molar-refractivity contribution is 9.11. The lowest BCUT2D eigenvalue weighted by Crippen LogP contribution is -2.42. The third kappa shape index (κ3) is 5.80. The Balaban J connectivity index is 1.74. The second-order valence-electron chi connectivity index (χ2n) is 6.72. The van der Waals surface area contributed by atoms with Crippen LogP contribution < -0.4 is 5.32 Å². The maximum atomic E-state index is 12.4. The molecule has 5 nitrogen and oxygen atoms in total. The lowest BCUT2D eigenvalue weighted by Gasteiger charge is -2.32. The first kappa shape index (κ1) is 18.3. The lowest BCUT2D eigenvalue weighted by atomic mass is 9.97. The van der Waals surface area contributed by atoms with E-state index in [0.29, 0.717) is 12.5 Å². The van der Waals surface area contributed by atoms with Crippen LogP contribution in [0.15, 0.2) is 15.9 Å². The van der Waals surface area contributed by atoms with E-state index in [4.69, 9.17) is 4.74 Å². The Labute approximate surface area is 149 Å². The number of nitrogens with one attached hydrogen (secondary N) is 1. The minimum atomic E-state index is -0.477. The van der Waals surface area contributed by atoms with Gasteiger partial charge in [-0.1, -0.05) is 0 Å². The number of hydrogen-bond acceptors (Lipinski definition) is 4. The third-order valence-electron chi connectivity index (χ3n) is 3.62. The molecule has 1 aliphatic heterocycles. The molecule has 0 aliphatic carbocycles. The predicted octanol–water partition coefficient (Wildman–Crippen LogP) is 3.89. The highest BCUT2D eigenvalue weighted by Gasteiger charge is 2.25. The fourth-order valence-corrected chi connectivity index (χ4v) is 3.82. The summed E-state index contributed by atoms with van der Waals surface area (Å²) in [5, 5.41) is 2.82. The standard InChI is InChI=1S/C16H23BrN2O3S/c1-16(2,3)22-15(21)18-10-11-6-8-19(9-7-11)14(20)12-4-5-13(17)23-12/h4-5,11H,6-10H2,1-3H3,(H,18,21). The van der Waals surface area contributed by atoms with Crippen molar-refractivity contribution in [3.8, 4) is 0 Å². The van der Waals surface area contributed by atoms with E-state index in [1.165, 1.54) is 11.3 Å². The number of rotatable bonds is 3. The van der Waals surface area contributed by atoms with Crippen molar-refractivity contribution in [3.05, 3.63) is 20.8 Å². The second kappa shape index (κ2) is 7.66. The highest BCUT2D eigenvalue weighted by Crippen LogP contribution is 2.25. The summed E-state index contributed by atoms with van der Waals surface area (Å²) >= 11 is 4.85. The molecule has 0 radical (unpaired) electrons. The molecule has 0 atom stereocenters. The molecule has 2 heterocycles. The number of thiophene rings is 1. The van der Waals surface area contributed by atoms with Crippen LogP contribution in [0.25, 0.3) is 0 Å². The second-order valence-corrected chi connectivity index (χ2v) is 9.19. The molecule has 1 aliphatic rings. The largest absolute Gasteiger partial charge is 0.444 e. The van der Waals surface area contributed by atoms with Crippen LogP contribution >= 0.6 is 27.3 Å². The van der Waals surface area contributed by atoms with Gasteiger partial charge in [0, 0.05) is 19.6 Å². The number of halogens is 1. The van der Waals surface area contributed by atoms with Crippen LogP contribution in [0.1, 0.15) is 43.3 Å². The van der Waals surface area contributed by atoms with Crippen LogP contribution in [0.4, 0.5) is 4.79 Å². The average molecular weight is 403 g/mol. The SMILES string of the molecule is CC(C)(C)OC(=O)NCC1CCN(C(=O)c2ccc(Br)s2)CC1. The molecule has 0 spiro atoms. The fraction of sp³-hybridized carbons (Fsp3) is 0.625. The van der Waals surface area contributed by atoms with Gasteiger partial charge in [-0.15, -0.1) is 11.3 Å². The van der Waals surface area contributed by atoms with Crippen LogP contribution in [-0.4, -0.2) is 42.1 Å². The van der Waals surface area contributed by atoms with Crippen LogP contribution in [0.2, 0.25) is 0 Å². The number of likely N-dealkylation sites (tertiary alicyclic amines) is 1. The molecule has 0 unspecified atom stereocenters. The van der Waals surface area contributed by atoms with Crippen LogP contribution in [-0.2, 0) is 4.74 Å². The molecule has 0 bridgehead atoms. The Morgan fingerprint density at radius 3 is 2.52 bits per heavy atom. The summed E-state index contributed by atoms with van der Waals surface area (Å²) in [5.74, 6) is 0.487. The summed E-state index contributed by atoms with van der Waals surface area (Å²) in [5.41, 5.74) is -0.477. The molecule has 23 heavy (non-hydrogen) atoms. The highest BCUT2D eigenvalue weighted by atomic mass is 79.9. The molecule has 1 aromatic heterocycles. The fourth-order valence-electron chi connectivity index (χ4n) is 2.47. The van der Waals surface area contributed by atoms with Gasteiger partial charge in [-0.2, -0.15) is 0 Å². The van der Waals surface area contributed by atoms with Crippen molar-refractivity contribution in [2.75, 3.05) is 19.6 Å². The van der Waals surface area contributed by atoms with E-state index in [1.807, 2.05) is 37.8 Å². The molecule has 128 valence electrons. The van der Waals surface area contributed by atoms with Crippen molar-refractivity contribution >= 4 is 39.3 Å². The van der Waals surface area contributed by atoms with Gasteiger partial charge in [0.1, 0.15) is 5.60 Å². The quantitative estimate of drug-likeness (QED) is 0.833. The van der Waals surface area contributed by atoms with Crippen molar-refractivity contribution in [2.24, 2.45) is 5.92 Å². The zero-order valence-corrected chi connectivity index (χ0v) is 16.1. The molecule has 0 saturated carbocycles. The average Bonchev–Trinajstić information content (AvgIpc) is 2.90. The summed E-state index contributed by atoms with van der Waals surface area (Å²) in [6.07, 6.45) is 1.42. The summed E-state index contributed by atoms with van der Waals surface area (Å²) < 4.78 is 6.20. The molecule has 2 rings (SSSR count). The summed E-state index contributed by atoms with van der Waals surface area (Å²) in [7, 11) is 0. The number of piperidine rings is 1. The Hall–Kier alpha value is -1.08. The molecule has 1 N–H and O–H groups in total. The van der Waals surface area contributed by atoms with Gasteiger partial charge in [0.2, 0.25) is 0 Å². The normalized spacial score (nSPS) is 16.3. The Morgan fingerprint density at radius 2 is 2.00 bits per heavy atom. The maximum absolute atomic E-state index is 12.4. The lowest BCUT2D eigenvalue weighted by molar-refractivity contribution is 0.0500. The predicted molar refractivity (Wildman–Crippen MR) is 94.9 cm³/mol. The zero-order chi connectivity index (χ0) is 17.0. The molecule has 2 amide bonds. The Bertz CT molecular complexity index is 560. The van der Waals surface area contributed by atoms with Gasteiger partial charge < -0.3 is 15.0 Å². The Kier molecular flexibility index (Phi) is 6.08.